The lowest BCUT2D eigenvalue weighted by Crippen LogP contribution is -2.20. The monoisotopic (exact) mass is 127 g/mol. The van der Waals surface area contributed by atoms with E-state index in [4.69, 9.17) is 4.74 Å². The largest absolute Gasteiger partial charge is 0.369 e. The summed E-state index contributed by atoms with van der Waals surface area (Å²) in [7, 11) is 2.19. The molecule has 2 atom stereocenters. The normalized spacial score (nSPS) is 43.7. The summed E-state index contributed by atoms with van der Waals surface area (Å²) in [5.74, 6) is 0. The first-order valence-electron chi connectivity index (χ1n) is 3.70. The number of hydrogen-bond acceptors (Lipinski definition) is 2. The molecular weight excluding hydrogens is 114 g/mol. The molecule has 2 saturated heterocycles. The summed E-state index contributed by atoms with van der Waals surface area (Å²) >= 11 is 0. The molecule has 0 N–H and O–H groups in total. The molecule has 2 nitrogen and oxygen atoms in total. The van der Waals surface area contributed by atoms with Gasteiger partial charge in [0.1, 0.15) is 0 Å². The molecule has 0 spiro atoms. The minimum absolute atomic E-state index is 0.634. The van der Waals surface area contributed by atoms with E-state index >= 15 is 0 Å². The highest BCUT2D eigenvalue weighted by atomic mass is 16.6. The lowest BCUT2D eigenvalue weighted by Gasteiger charge is -2.12. The minimum atomic E-state index is 0.634. The van der Waals surface area contributed by atoms with Gasteiger partial charge in [-0.2, -0.15) is 0 Å². The van der Waals surface area contributed by atoms with Gasteiger partial charge in [0.15, 0.2) is 0 Å². The lowest BCUT2D eigenvalue weighted by atomic mass is 10.2. The molecular formula is C7H13NO. The van der Waals surface area contributed by atoms with E-state index in [-0.39, 0.29) is 0 Å². The topological polar surface area (TPSA) is 15.8 Å². The van der Waals surface area contributed by atoms with Gasteiger partial charge in [0.05, 0.1) is 12.2 Å². The molecule has 0 amide bonds. The van der Waals surface area contributed by atoms with Crippen LogP contribution in [-0.2, 0) is 4.74 Å². The molecule has 9 heavy (non-hydrogen) atoms. The van der Waals surface area contributed by atoms with Crippen molar-refractivity contribution >= 4 is 0 Å². The first-order chi connectivity index (χ1) is 4.36. The fourth-order valence-corrected chi connectivity index (χ4v) is 1.49. The van der Waals surface area contributed by atoms with Crippen molar-refractivity contribution in [3.05, 3.63) is 0 Å². The van der Waals surface area contributed by atoms with Crippen molar-refractivity contribution in [2.45, 2.75) is 25.0 Å². The van der Waals surface area contributed by atoms with Crippen molar-refractivity contribution in [1.29, 1.82) is 0 Å². The van der Waals surface area contributed by atoms with Crippen LogP contribution >= 0.6 is 0 Å². The predicted octanol–water partition coefficient (Wildman–Crippen LogP) is 0.479. The number of hydrogen-bond donors (Lipinski definition) is 0. The summed E-state index contributed by atoms with van der Waals surface area (Å²) in [5, 5.41) is 0. The number of fused-ring (bicyclic) bond motifs is 1. The van der Waals surface area contributed by atoms with Gasteiger partial charge in [-0.1, -0.05) is 0 Å². The maximum atomic E-state index is 5.38. The molecule has 0 aliphatic carbocycles. The Bertz CT molecular complexity index is 99.5. The third kappa shape index (κ3) is 1.10. The van der Waals surface area contributed by atoms with Crippen molar-refractivity contribution < 1.29 is 4.74 Å². The molecule has 0 saturated carbocycles. The number of nitrogens with zero attached hydrogens (tertiary/aromatic N) is 1. The van der Waals surface area contributed by atoms with Crippen molar-refractivity contribution in [1.82, 2.24) is 4.90 Å². The summed E-state index contributed by atoms with van der Waals surface area (Å²) in [6.45, 7) is 2.45. The maximum Gasteiger partial charge on any atom is 0.0854 e. The highest BCUT2D eigenvalue weighted by Crippen LogP contribution is 2.30. The maximum absolute atomic E-state index is 5.38. The van der Waals surface area contributed by atoms with Gasteiger partial charge < -0.3 is 9.64 Å². The molecule has 0 bridgehead atoms. The van der Waals surface area contributed by atoms with E-state index in [1.807, 2.05) is 0 Å². The second kappa shape index (κ2) is 1.96. The van der Waals surface area contributed by atoms with Crippen LogP contribution in [0.25, 0.3) is 0 Å². The molecule has 0 unspecified atom stereocenters. The van der Waals surface area contributed by atoms with Crippen molar-refractivity contribution in [3.63, 3.8) is 0 Å². The van der Waals surface area contributed by atoms with Gasteiger partial charge in [0.25, 0.3) is 0 Å². The van der Waals surface area contributed by atoms with Crippen LogP contribution in [0.15, 0.2) is 0 Å². The Morgan fingerprint density at radius 3 is 2.33 bits per heavy atom. The zero-order valence-electron chi connectivity index (χ0n) is 5.84. The Kier molecular flexibility index (Phi) is 1.24. The van der Waals surface area contributed by atoms with E-state index < -0.39 is 0 Å². The molecule has 0 aromatic heterocycles. The van der Waals surface area contributed by atoms with E-state index in [0.29, 0.717) is 12.2 Å². The quantitative estimate of drug-likeness (QED) is 0.440. The van der Waals surface area contributed by atoms with Crippen LogP contribution in [0.2, 0.25) is 0 Å². The van der Waals surface area contributed by atoms with Crippen molar-refractivity contribution in [2.24, 2.45) is 0 Å². The van der Waals surface area contributed by atoms with Gasteiger partial charge in [0.2, 0.25) is 0 Å². The zero-order chi connectivity index (χ0) is 6.27. The molecule has 0 radical (unpaired) electrons. The number of epoxide rings is 1. The van der Waals surface area contributed by atoms with Gasteiger partial charge in [-0.15, -0.1) is 0 Å². The highest BCUT2D eigenvalue weighted by molar-refractivity contribution is 4.88. The predicted molar refractivity (Wildman–Crippen MR) is 35.4 cm³/mol. The Labute approximate surface area is 55.8 Å². The van der Waals surface area contributed by atoms with Gasteiger partial charge >= 0.3 is 0 Å². The Morgan fingerprint density at radius 1 is 1.22 bits per heavy atom. The summed E-state index contributed by atoms with van der Waals surface area (Å²) in [5.41, 5.74) is 0. The molecule has 0 aromatic carbocycles. The second-order valence-electron chi connectivity index (χ2n) is 3.09. The van der Waals surface area contributed by atoms with Crippen LogP contribution in [0, 0.1) is 0 Å². The molecule has 2 heterocycles. The first-order valence-corrected chi connectivity index (χ1v) is 3.70. The van der Waals surface area contributed by atoms with Gasteiger partial charge in [-0.05, 0) is 19.9 Å². The number of likely N-dealkylation sites (tertiary alicyclic amines) is 1. The van der Waals surface area contributed by atoms with Crippen LogP contribution in [-0.4, -0.2) is 37.2 Å². The van der Waals surface area contributed by atoms with E-state index in [1.54, 1.807) is 0 Å². The fourth-order valence-electron chi connectivity index (χ4n) is 1.49. The molecule has 2 aliphatic heterocycles. The fraction of sp³-hybridized carbons (Fsp3) is 1.00. The number of rotatable bonds is 0. The third-order valence-corrected chi connectivity index (χ3v) is 2.28. The van der Waals surface area contributed by atoms with Crippen LogP contribution < -0.4 is 0 Å². The van der Waals surface area contributed by atoms with Gasteiger partial charge in [0, 0.05) is 13.1 Å². The molecule has 2 rings (SSSR count). The molecule has 2 aliphatic rings. The van der Waals surface area contributed by atoms with Crippen LogP contribution in [0.5, 0.6) is 0 Å². The van der Waals surface area contributed by atoms with E-state index in [9.17, 15) is 0 Å². The number of ether oxygens (including phenoxy) is 1. The molecule has 0 aromatic rings. The molecule has 52 valence electrons. The van der Waals surface area contributed by atoms with Crippen LogP contribution in [0.4, 0.5) is 0 Å². The van der Waals surface area contributed by atoms with E-state index in [0.717, 1.165) is 0 Å². The summed E-state index contributed by atoms with van der Waals surface area (Å²) in [6.07, 6.45) is 3.77. The summed E-state index contributed by atoms with van der Waals surface area (Å²) in [4.78, 5) is 2.38. The lowest BCUT2D eigenvalue weighted by molar-refractivity contribution is 0.264. The van der Waals surface area contributed by atoms with E-state index in [1.165, 1.54) is 25.9 Å². The summed E-state index contributed by atoms with van der Waals surface area (Å²) < 4.78 is 5.38. The Morgan fingerprint density at radius 2 is 1.78 bits per heavy atom. The van der Waals surface area contributed by atoms with E-state index in [2.05, 4.69) is 11.9 Å². The Balaban J connectivity index is 1.89. The molecule has 2 heteroatoms. The van der Waals surface area contributed by atoms with Crippen LogP contribution in [0.3, 0.4) is 0 Å². The minimum Gasteiger partial charge on any atom is -0.369 e. The highest BCUT2D eigenvalue weighted by Gasteiger charge is 2.39. The SMILES string of the molecule is CN1CC[C@@H]2O[C@H]2CC1. The third-order valence-electron chi connectivity index (χ3n) is 2.28. The summed E-state index contributed by atoms with van der Waals surface area (Å²) in [6, 6.07) is 0. The average Bonchev–Trinajstić information content (AvgIpc) is 2.54. The standard InChI is InChI=1S/C7H13NO/c1-8-4-2-6-7(9-6)3-5-8/h6-7H,2-5H2,1H3/t6-,7-/m0/s1. The van der Waals surface area contributed by atoms with Gasteiger partial charge in [-0.3, -0.25) is 0 Å². The first kappa shape index (κ1) is 5.69. The van der Waals surface area contributed by atoms with Crippen molar-refractivity contribution in [3.8, 4) is 0 Å². The zero-order valence-corrected chi connectivity index (χ0v) is 5.84. The average molecular weight is 127 g/mol. The Hall–Kier alpha value is -0.0800. The van der Waals surface area contributed by atoms with Gasteiger partial charge in [-0.25, -0.2) is 0 Å². The second-order valence-corrected chi connectivity index (χ2v) is 3.09. The van der Waals surface area contributed by atoms with Crippen LogP contribution in [0.1, 0.15) is 12.8 Å². The van der Waals surface area contributed by atoms with Crippen molar-refractivity contribution in [2.75, 3.05) is 20.1 Å². The smallest absolute Gasteiger partial charge is 0.0854 e. The molecule has 2 fully saturated rings.